The van der Waals surface area contributed by atoms with E-state index in [2.05, 4.69) is 15.6 Å². The van der Waals surface area contributed by atoms with Crippen molar-refractivity contribution >= 4 is 11.6 Å². The fourth-order valence-electron chi connectivity index (χ4n) is 0.951. The zero-order valence-electron chi connectivity index (χ0n) is 8.09. The Morgan fingerprint density at radius 3 is 2.50 bits per heavy atom. The molecule has 0 amide bonds. The molecule has 0 aromatic carbocycles. The highest BCUT2D eigenvalue weighted by Gasteiger charge is 2.14. The van der Waals surface area contributed by atoms with Gasteiger partial charge in [0, 0.05) is 7.05 Å². The Kier molecular flexibility index (Phi) is 3.62. The van der Waals surface area contributed by atoms with Crippen LogP contribution < -0.4 is 10.6 Å². The Morgan fingerprint density at radius 2 is 1.93 bits per heavy atom. The van der Waals surface area contributed by atoms with Gasteiger partial charge >= 0.3 is 0 Å². The maximum atomic E-state index is 12.2. The summed E-state index contributed by atoms with van der Waals surface area (Å²) in [7, 11) is 1.72. The molecule has 3 nitrogen and oxygen atoms in total. The lowest BCUT2D eigenvalue weighted by molar-refractivity contribution is 0.130. The highest BCUT2D eigenvalue weighted by molar-refractivity contribution is 5.45. The van der Waals surface area contributed by atoms with E-state index < -0.39 is 12.5 Å². The topological polar surface area (TPSA) is 37.0 Å². The van der Waals surface area contributed by atoms with E-state index in [1.165, 1.54) is 6.92 Å². The summed E-state index contributed by atoms with van der Waals surface area (Å²) in [5.74, 6) is 1.10. The van der Waals surface area contributed by atoms with E-state index in [0.29, 0.717) is 11.6 Å². The summed E-state index contributed by atoms with van der Waals surface area (Å²) >= 11 is 0. The van der Waals surface area contributed by atoms with Crippen molar-refractivity contribution in [2.75, 3.05) is 17.7 Å². The summed E-state index contributed by atoms with van der Waals surface area (Å²) in [6, 6.07) is 4.27. The van der Waals surface area contributed by atoms with E-state index in [1.807, 2.05) is 0 Å². The van der Waals surface area contributed by atoms with Crippen molar-refractivity contribution in [2.45, 2.75) is 19.4 Å². The predicted molar refractivity (Wildman–Crippen MR) is 52.9 cm³/mol. The van der Waals surface area contributed by atoms with Gasteiger partial charge in [-0.3, -0.25) is 0 Å². The molecule has 5 heteroatoms. The Hall–Kier alpha value is -1.39. The van der Waals surface area contributed by atoms with E-state index in [4.69, 9.17) is 0 Å². The van der Waals surface area contributed by atoms with Crippen molar-refractivity contribution in [2.24, 2.45) is 0 Å². The van der Waals surface area contributed by atoms with Gasteiger partial charge in [-0.2, -0.15) is 0 Å². The van der Waals surface area contributed by atoms with Crippen LogP contribution in [0.3, 0.4) is 0 Å². The van der Waals surface area contributed by atoms with E-state index in [1.54, 1.807) is 25.2 Å². The number of hydrogen-bond donors (Lipinski definition) is 2. The molecule has 1 unspecified atom stereocenters. The average Bonchev–Trinajstić information content (AvgIpc) is 2.18. The molecule has 0 aliphatic carbocycles. The predicted octanol–water partition coefficient (Wildman–Crippen LogP) is 2.19. The maximum Gasteiger partial charge on any atom is 0.258 e. The third-order valence-corrected chi connectivity index (χ3v) is 1.76. The van der Waals surface area contributed by atoms with Crippen LogP contribution >= 0.6 is 0 Å². The van der Waals surface area contributed by atoms with Gasteiger partial charge in [0.2, 0.25) is 0 Å². The zero-order valence-corrected chi connectivity index (χ0v) is 8.09. The Labute approximate surface area is 81.5 Å². The quantitative estimate of drug-likeness (QED) is 0.784. The first-order valence-electron chi connectivity index (χ1n) is 4.33. The Balaban J connectivity index is 2.66. The van der Waals surface area contributed by atoms with Crippen LogP contribution in [0.1, 0.15) is 6.92 Å². The SMILES string of the molecule is CNc1cccc(NC(C)C(F)F)n1. The lowest BCUT2D eigenvalue weighted by Gasteiger charge is -2.13. The molecule has 1 atom stereocenters. The van der Waals surface area contributed by atoms with Gasteiger partial charge in [0.05, 0.1) is 6.04 Å². The minimum atomic E-state index is -2.39. The minimum absolute atomic E-state index is 0.449. The lowest BCUT2D eigenvalue weighted by Crippen LogP contribution is -2.24. The molecule has 2 N–H and O–H groups in total. The first-order chi connectivity index (χ1) is 6.63. The average molecular weight is 201 g/mol. The Morgan fingerprint density at radius 1 is 1.29 bits per heavy atom. The molecule has 0 aliphatic rings. The molecule has 14 heavy (non-hydrogen) atoms. The second-order valence-corrected chi connectivity index (χ2v) is 2.93. The van der Waals surface area contributed by atoms with Gasteiger partial charge < -0.3 is 10.6 Å². The van der Waals surface area contributed by atoms with E-state index in [-0.39, 0.29) is 0 Å². The molecule has 0 bridgehead atoms. The van der Waals surface area contributed by atoms with E-state index >= 15 is 0 Å². The fourth-order valence-corrected chi connectivity index (χ4v) is 0.951. The highest BCUT2D eigenvalue weighted by Crippen LogP contribution is 2.12. The van der Waals surface area contributed by atoms with Crippen molar-refractivity contribution in [1.82, 2.24) is 4.98 Å². The molecule has 78 valence electrons. The van der Waals surface area contributed by atoms with Crippen molar-refractivity contribution in [1.29, 1.82) is 0 Å². The number of nitrogens with zero attached hydrogens (tertiary/aromatic N) is 1. The third-order valence-electron chi connectivity index (χ3n) is 1.76. The maximum absolute atomic E-state index is 12.2. The van der Waals surface area contributed by atoms with Crippen molar-refractivity contribution in [3.05, 3.63) is 18.2 Å². The van der Waals surface area contributed by atoms with Gasteiger partial charge in [-0.05, 0) is 19.1 Å². The number of halogens is 2. The molecule has 0 saturated carbocycles. The summed E-state index contributed by atoms with van der Waals surface area (Å²) in [5, 5.41) is 5.45. The van der Waals surface area contributed by atoms with E-state index in [9.17, 15) is 8.78 Å². The first kappa shape index (κ1) is 10.7. The Bertz CT molecular complexity index is 291. The van der Waals surface area contributed by atoms with Crippen LogP contribution in [0.4, 0.5) is 20.4 Å². The zero-order chi connectivity index (χ0) is 10.6. The second kappa shape index (κ2) is 4.74. The van der Waals surface area contributed by atoms with Gasteiger partial charge in [0.25, 0.3) is 6.43 Å². The summed E-state index contributed by atoms with van der Waals surface area (Å²) in [5.41, 5.74) is 0. The normalized spacial score (nSPS) is 12.6. The molecule has 0 aliphatic heterocycles. The number of aromatic nitrogens is 1. The van der Waals surface area contributed by atoms with Crippen LogP contribution in [0.25, 0.3) is 0 Å². The molecule has 0 radical (unpaired) electrons. The molecule has 0 saturated heterocycles. The van der Waals surface area contributed by atoms with Gasteiger partial charge in [-0.15, -0.1) is 0 Å². The van der Waals surface area contributed by atoms with Crippen LogP contribution in [0.5, 0.6) is 0 Å². The summed E-state index contributed by atoms with van der Waals surface area (Å²) in [6.45, 7) is 1.42. The molecule has 0 fully saturated rings. The smallest absolute Gasteiger partial charge is 0.258 e. The van der Waals surface area contributed by atoms with Crippen LogP contribution in [-0.4, -0.2) is 24.5 Å². The van der Waals surface area contributed by atoms with E-state index in [0.717, 1.165) is 0 Å². The number of anilines is 2. The van der Waals surface area contributed by atoms with Crippen molar-refractivity contribution < 1.29 is 8.78 Å². The number of hydrogen-bond acceptors (Lipinski definition) is 3. The van der Waals surface area contributed by atoms with Gasteiger partial charge in [-0.1, -0.05) is 6.07 Å². The standard InChI is InChI=1S/C9H13F2N3/c1-6(9(10)11)13-8-5-3-4-7(12-2)14-8/h3-6,9H,1-2H3,(H2,12,13,14). The molecule has 1 rings (SSSR count). The van der Waals surface area contributed by atoms with Crippen LogP contribution in [0.2, 0.25) is 0 Å². The minimum Gasteiger partial charge on any atom is -0.373 e. The monoisotopic (exact) mass is 201 g/mol. The number of nitrogens with one attached hydrogen (secondary N) is 2. The largest absolute Gasteiger partial charge is 0.373 e. The third kappa shape index (κ3) is 2.83. The van der Waals surface area contributed by atoms with Crippen molar-refractivity contribution in [3.8, 4) is 0 Å². The molecule has 0 spiro atoms. The van der Waals surface area contributed by atoms with Crippen LogP contribution in [0, 0.1) is 0 Å². The summed E-state index contributed by atoms with van der Waals surface area (Å²) in [4.78, 5) is 4.06. The first-order valence-corrected chi connectivity index (χ1v) is 4.33. The molecular weight excluding hydrogens is 188 g/mol. The number of alkyl halides is 2. The molecule has 1 aromatic rings. The van der Waals surface area contributed by atoms with Crippen LogP contribution in [-0.2, 0) is 0 Å². The lowest BCUT2D eigenvalue weighted by atomic mass is 10.3. The fraction of sp³-hybridized carbons (Fsp3) is 0.444. The highest BCUT2D eigenvalue weighted by atomic mass is 19.3. The molecule has 1 heterocycles. The summed E-state index contributed by atoms with van der Waals surface area (Å²) in [6.07, 6.45) is -2.39. The molecular formula is C9H13F2N3. The molecule has 1 aromatic heterocycles. The summed E-state index contributed by atoms with van der Waals surface area (Å²) < 4.78 is 24.4. The number of pyridine rings is 1. The van der Waals surface area contributed by atoms with Gasteiger partial charge in [-0.25, -0.2) is 13.8 Å². The van der Waals surface area contributed by atoms with Crippen molar-refractivity contribution in [3.63, 3.8) is 0 Å². The number of rotatable bonds is 4. The van der Waals surface area contributed by atoms with Gasteiger partial charge in [0.1, 0.15) is 11.6 Å². The second-order valence-electron chi connectivity index (χ2n) is 2.93. The van der Waals surface area contributed by atoms with Crippen LogP contribution in [0.15, 0.2) is 18.2 Å². The van der Waals surface area contributed by atoms with Gasteiger partial charge in [0.15, 0.2) is 0 Å².